The molecule has 0 aliphatic carbocycles. The molecule has 0 radical (unpaired) electrons. The zero-order valence-electron chi connectivity index (χ0n) is 14.8. The molecule has 1 aliphatic rings. The number of aromatic nitrogens is 3. The fourth-order valence-corrected chi connectivity index (χ4v) is 3.73. The van der Waals surface area contributed by atoms with Crippen molar-refractivity contribution < 1.29 is 4.79 Å². The molecule has 3 heterocycles. The summed E-state index contributed by atoms with van der Waals surface area (Å²) in [6.07, 6.45) is 3.72. The van der Waals surface area contributed by atoms with Crippen LogP contribution in [-0.2, 0) is 11.2 Å². The van der Waals surface area contributed by atoms with E-state index in [0.29, 0.717) is 6.42 Å². The van der Waals surface area contributed by atoms with Gasteiger partial charge < -0.3 is 4.90 Å². The zero-order chi connectivity index (χ0) is 18.1. The average Bonchev–Trinajstić information content (AvgIpc) is 3.01. The van der Waals surface area contributed by atoms with Gasteiger partial charge in [0.25, 0.3) is 0 Å². The lowest BCUT2D eigenvalue weighted by Crippen LogP contribution is -2.36. The van der Waals surface area contributed by atoms with Crippen LogP contribution in [0.15, 0.2) is 40.9 Å². The summed E-state index contributed by atoms with van der Waals surface area (Å²) in [5.41, 5.74) is 4.37. The number of rotatable bonds is 3. The number of imidazole rings is 1. The van der Waals surface area contributed by atoms with E-state index in [9.17, 15) is 4.79 Å². The van der Waals surface area contributed by atoms with Crippen molar-refractivity contribution in [2.24, 2.45) is 0 Å². The van der Waals surface area contributed by atoms with E-state index in [0.717, 1.165) is 58.7 Å². The van der Waals surface area contributed by atoms with Crippen LogP contribution in [0.25, 0.3) is 16.9 Å². The van der Waals surface area contributed by atoms with Gasteiger partial charge in [0.15, 0.2) is 5.65 Å². The summed E-state index contributed by atoms with van der Waals surface area (Å²) in [5, 5.41) is 4.61. The number of likely N-dealkylation sites (tertiary alicyclic amines) is 1. The number of amides is 1. The predicted molar refractivity (Wildman–Crippen MR) is 105 cm³/mol. The van der Waals surface area contributed by atoms with Crippen molar-refractivity contribution in [3.8, 4) is 11.3 Å². The van der Waals surface area contributed by atoms with Crippen molar-refractivity contribution in [2.45, 2.75) is 32.6 Å². The molecule has 134 valence electrons. The standard InChI is InChI=1S/C20H21BrN4O/c1-14-5-10-18-22-20(15-6-8-16(21)9-7-15)17(25(18)23-14)13-19(26)24-11-3-2-4-12-24/h5-10H,2-4,11-13H2,1H3. The van der Waals surface area contributed by atoms with Crippen molar-refractivity contribution >= 4 is 27.5 Å². The summed E-state index contributed by atoms with van der Waals surface area (Å²) in [5.74, 6) is 0.160. The van der Waals surface area contributed by atoms with Gasteiger partial charge in [0.2, 0.25) is 5.91 Å². The number of benzene rings is 1. The molecule has 1 saturated heterocycles. The van der Waals surface area contributed by atoms with Gasteiger partial charge in [0.1, 0.15) is 0 Å². The number of fused-ring (bicyclic) bond motifs is 1. The van der Waals surface area contributed by atoms with Crippen molar-refractivity contribution in [1.82, 2.24) is 19.5 Å². The van der Waals surface area contributed by atoms with Gasteiger partial charge in [-0.1, -0.05) is 28.1 Å². The summed E-state index contributed by atoms with van der Waals surface area (Å²) < 4.78 is 2.85. The van der Waals surface area contributed by atoms with Crippen LogP contribution in [-0.4, -0.2) is 38.5 Å². The third-order valence-corrected chi connectivity index (χ3v) is 5.38. The first-order chi connectivity index (χ1) is 12.6. The van der Waals surface area contributed by atoms with Crippen molar-refractivity contribution in [2.75, 3.05) is 13.1 Å². The minimum Gasteiger partial charge on any atom is -0.342 e. The second-order valence-electron chi connectivity index (χ2n) is 6.78. The Morgan fingerprint density at radius 2 is 1.81 bits per heavy atom. The number of hydrogen-bond acceptors (Lipinski definition) is 3. The van der Waals surface area contributed by atoms with Crippen molar-refractivity contribution in [1.29, 1.82) is 0 Å². The molecule has 3 aromatic rings. The number of carbonyl (C=O) groups excluding carboxylic acids is 1. The number of nitrogens with zero attached hydrogens (tertiary/aromatic N) is 4. The first kappa shape index (κ1) is 17.2. The Labute approximate surface area is 161 Å². The van der Waals surface area contributed by atoms with Crippen LogP contribution in [0.2, 0.25) is 0 Å². The molecule has 0 saturated carbocycles. The topological polar surface area (TPSA) is 50.5 Å². The van der Waals surface area contributed by atoms with E-state index in [-0.39, 0.29) is 5.91 Å². The van der Waals surface area contributed by atoms with Gasteiger partial charge in [-0.05, 0) is 50.5 Å². The Balaban J connectivity index is 1.77. The number of halogens is 1. The molecule has 1 aliphatic heterocycles. The van der Waals surface area contributed by atoms with Crippen LogP contribution < -0.4 is 0 Å². The Morgan fingerprint density at radius 3 is 2.54 bits per heavy atom. The highest BCUT2D eigenvalue weighted by Crippen LogP contribution is 2.26. The highest BCUT2D eigenvalue weighted by atomic mass is 79.9. The third-order valence-electron chi connectivity index (χ3n) is 4.85. The summed E-state index contributed by atoms with van der Waals surface area (Å²) >= 11 is 3.47. The van der Waals surface area contributed by atoms with Crippen LogP contribution in [0, 0.1) is 6.92 Å². The molecule has 1 aromatic carbocycles. The highest BCUT2D eigenvalue weighted by Gasteiger charge is 2.22. The Hall–Kier alpha value is -2.21. The largest absolute Gasteiger partial charge is 0.342 e. The van der Waals surface area contributed by atoms with E-state index < -0.39 is 0 Å². The molecular weight excluding hydrogens is 392 g/mol. The van der Waals surface area contributed by atoms with Crippen LogP contribution >= 0.6 is 15.9 Å². The molecular formula is C20H21BrN4O. The Kier molecular flexibility index (Phi) is 4.76. The van der Waals surface area contributed by atoms with E-state index in [1.165, 1.54) is 6.42 Å². The summed E-state index contributed by atoms with van der Waals surface area (Å²) in [4.78, 5) is 19.6. The quantitative estimate of drug-likeness (QED) is 0.652. The second kappa shape index (κ2) is 7.19. The molecule has 0 spiro atoms. The van der Waals surface area contributed by atoms with Crippen molar-refractivity contribution in [3.63, 3.8) is 0 Å². The SMILES string of the molecule is Cc1ccc2nc(-c3ccc(Br)cc3)c(CC(=O)N3CCCCC3)n2n1. The van der Waals surface area contributed by atoms with E-state index in [1.807, 2.05) is 52.7 Å². The monoisotopic (exact) mass is 412 g/mol. The van der Waals surface area contributed by atoms with Crippen LogP contribution in [0.4, 0.5) is 0 Å². The molecule has 2 aromatic heterocycles. The second-order valence-corrected chi connectivity index (χ2v) is 7.69. The van der Waals surface area contributed by atoms with Gasteiger partial charge >= 0.3 is 0 Å². The normalized spacial score (nSPS) is 14.8. The van der Waals surface area contributed by atoms with E-state index in [2.05, 4.69) is 21.0 Å². The number of carbonyl (C=O) groups is 1. The fourth-order valence-electron chi connectivity index (χ4n) is 3.47. The highest BCUT2D eigenvalue weighted by molar-refractivity contribution is 9.10. The van der Waals surface area contributed by atoms with Gasteiger partial charge in [-0.15, -0.1) is 0 Å². The molecule has 6 heteroatoms. The van der Waals surface area contributed by atoms with E-state index in [1.54, 1.807) is 0 Å². The first-order valence-electron chi connectivity index (χ1n) is 9.01. The average molecular weight is 413 g/mol. The van der Waals surface area contributed by atoms with E-state index >= 15 is 0 Å². The first-order valence-corrected chi connectivity index (χ1v) is 9.80. The lowest BCUT2D eigenvalue weighted by molar-refractivity contribution is -0.131. The minimum atomic E-state index is 0.160. The molecule has 0 bridgehead atoms. The van der Waals surface area contributed by atoms with Gasteiger partial charge in [0.05, 0.1) is 23.5 Å². The van der Waals surface area contributed by atoms with Gasteiger partial charge in [-0.3, -0.25) is 4.79 Å². The summed E-state index contributed by atoms with van der Waals surface area (Å²) in [6.45, 7) is 3.67. The predicted octanol–water partition coefficient (Wildman–Crippen LogP) is 4.02. The molecule has 26 heavy (non-hydrogen) atoms. The van der Waals surface area contributed by atoms with E-state index in [4.69, 9.17) is 4.98 Å². The molecule has 0 N–H and O–H groups in total. The third kappa shape index (κ3) is 3.38. The maximum atomic E-state index is 12.9. The molecule has 4 rings (SSSR count). The Morgan fingerprint density at radius 1 is 1.08 bits per heavy atom. The smallest absolute Gasteiger partial charge is 0.228 e. The lowest BCUT2D eigenvalue weighted by atomic mass is 10.1. The van der Waals surface area contributed by atoms with Crippen LogP contribution in [0.3, 0.4) is 0 Å². The van der Waals surface area contributed by atoms with Crippen LogP contribution in [0.5, 0.6) is 0 Å². The van der Waals surface area contributed by atoms with Gasteiger partial charge in [-0.2, -0.15) is 5.10 Å². The van der Waals surface area contributed by atoms with Crippen LogP contribution in [0.1, 0.15) is 30.7 Å². The molecule has 1 fully saturated rings. The summed E-state index contributed by atoms with van der Waals surface area (Å²) in [6, 6.07) is 11.9. The zero-order valence-corrected chi connectivity index (χ0v) is 16.4. The maximum Gasteiger partial charge on any atom is 0.228 e. The maximum absolute atomic E-state index is 12.9. The molecule has 1 amide bonds. The van der Waals surface area contributed by atoms with Crippen molar-refractivity contribution in [3.05, 3.63) is 52.3 Å². The number of hydrogen-bond donors (Lipinski definition) is 0. The molecule has 0 atom stereocenters. The lowest BCUT2D eigenvalue weighted by Gasteiger charge is -2.26. The summed E-state index contributed by atoms with van der Waals surface area (Å²) in [7, 11) is 0. The number of piperidine rings is 1. The Bertz CT molecular complexity index is 942. The molecule has 0 unspecified atom stereocenters. The fraction of sp³-hybridized carbons (Fsp3) is 0.350. The van der Waals surface area contributed by atoms with Gasteiger partial charge in [-0.25, -0.2) is 9.50 Å². The number of aryl methyl sites for hydroxylation is 1. The van der Waals surface area contributed by atoms with Gasteiger partial charge in [0, 0.05) is 23.1 Å². The minimum absolute atomic E-state index is 0.160. The molecule has 5 nitrogen and oxygen atoms in total.